The zero-order chi connectivity index (χ0) is 13.5. The predicted molar refractivity (Wildman–Crippen MR) is 69.2 cm³/mol. The Morgan fingerprint density at radius 3 is 2.44 bits per heavy atom. The van der Waals surface area contributed by atoms with Gasteiger partial charge in [0.2, 0.25) is 5.91 Å². The standard InChI is InChI=1S/C13H22N2O3/c1-10(13(17)18)3-6-15-7-4-12(5-8-15)9-14-11(2)16/h3,12H,4-9H2,1-2H3,(H,14,16)(H,17,18)/b10-3-. The Labute approximate surface area is 108 Å². The van der Waals surface area contributed by atoms with E-state index in [9.17, 15) is 9.59 Å². The maximum atomic E-state index is 10.8. The lowest BCUT2D eigenvalue weighted by Crippen LogP contribution is -2.38. The molecule has 0 aromatic carbocycles. The van der Waals surface area contributed by atoms with Crippen molar-refractivity contribution in [3.63, 3.8) is 0 Å². The van der Waals surface area contributed by atoms with E-state index in [0.717, 1.165) is 32.5 Å². The molecule has 102 valence electrons. The number of rotatable bonds is 5. The molecular weight excluding hydrogens is 232 g/mol. The van der Waals surface area contributed by atoms with Crippen molar-refractivity contribution in [3.05, 3.63) is 11.6 Å². The van der Waals surface area contributed by atoms with E-state index >= 15 is 0 Å². The lowest BCUT2D eigenvalue weighted by atomic mass is 9.97. The topological polar surface area (TPSA) is 69.6 Å². The number of carboxylic acids is 1. The number of hydrogen-bond donors (Lipinski definition) is 2. The first-order valence-corrected chi connectivity index (χ1v) is 6.36. The largest absolute Gasteiger partial charge is 0.478 e. The highest BCUT2D eigenvalue weighted by Crippen LogP contribution is 2.16. The first-order valence-electron chi connectivity index (χ1n) is 6.36. The van der Waals surface area contributed by atoms with Crippen molar-refractivity contribution in [2.45, 2.75) is 26.7 Å². The summed E-state index contributed by atoms with van der Waals surface area (Å²) in [5.41, 5.74) is 0.398. The van der Waals surface area contributed by atoms with Gasteiger partial charge in [-0.2, -0.15) is 0 Å². The van der Waals surface area contributed by atoms with Crippen LogP contribution >= 0.6 is 0 Å². The van der Waals surface area contributed by atoms with Crippen molar-refractivity contribution in [2.24, 2.45) is 5.92 Å². The van der Waals surface area contributed by atoms with Crippen LogP contribution in [0.4, 0.5) is 0 Å². The van der Waals surface area contributed by atoms with Crippen molar-refractivity contribution in [3.8, 4) is 0 Å². The summed E-state index contributed by atoms with van der Waals surface area (Å²) in [5, 5.41) is 11.6. The van der Waals surface area contributed by atoms with Gasteiger partial charge < -0.3 is 10.4 Å². The molecule has 1 aliphatic rings. The maximum Gasteiger partial charge on any atom is 0.330 e. The number of nitrogens with one attached hydrogen (secondary N) is 1. The van der Waals surface area contributed by atoms with Gasteiger partial charge in [-0.1, -0.05) is 6.08 Å². The summed E-state index contributed by atoms with van der Waals surface area (Å²) in [6.07, 6.45) is 3.87. The molecule has 0 aromatic heterocycles. The second-order valence-electron chi connectivity index (χ2n) is 4.87. The molecule has 0 saturated carbocycles. The summed E-state index contributed by atoms with van der Waals surface area (Å²) >= 11 is 0. The highest BCUT2D eigenvalue weighted by Gasteiger charge is 2.18. The SMILES string of the molecule is CC(=O)NCC1CCN(C/C=C(/C)C(=O)O)CC1. The van der Waals surface area contributed by atoms with Crippen molar-refractivity contribution in [1.82, 2.24) is 10.2 Å². The third-order valence-electron chi connectivity index (χ3n) is 3.34. The van der Waals surface area contributed by atoms with E-state index in [1.165, 1.54) is 6.92 Å². The van der Waals surface area contributed by atoms with Gasteiger partial charge in [-0.05, 0) is 38.8 Å². The van der Waals surface area contributed by atoms with Gasteiger partial charge in [-0.15, -0.1) is 0 Å². The molecule has 2 N–H and O–H groups in total. The van der Waals surface area contributed by atoms with Crippen LogP contribution in [-0.2, 0) is 9.59 Å². The molecule has 1 heterocycles. The minimum atomic E-state index is -0.851. The van der Waals surface area contributed by atoms with Gasteiger partial charge in [-0.3, -0.25) is 9.69 Å². The van der Waals surface area contributed by atoms with Crippen LogP contribution in [0.3, 0.4) is 0 Å². The van der Waals surface area contributed by atoms with Gasteiger partial charge >= 0.3 is 5.97 Å². The van der Waals surface area contributed by atoms with Crippen LogP contribution in [0, 0.1) is 5.92 Å². The van der Waals surface area contributed by atoms with E-state index < -0.39 is 5.97 Å². The van der Waals surface area contributed by atoms with Crippen LogP contribution in [0.1, 0.15) is 26.7 Å². The van der Waals surface area contributed by atoms with E-state index in [1.54, 1.807) is 13.0 Å². The monoisotopic (exact) mass is 254 g/mol. The molecule has 0 unspecified atom stereocenters. The number of carbonyl (C=O) groups excluding carboxylic acids is 1. The second-order valence-corrected chi connectivity index (χ2v) is 4.87. The summed E-state index contributed by atoms with van der Waals surface area (Å²) < 4.78 is 0. The molecule has 0 radical (unpaired) electrons. The van der Waals surface area contributed by atoms with Gasteiger partial charge in [0.05, 0.1) is 0 Å². The Kier molecular flexibility index (Phi) is 5.85. The Morgan fingerprint density at radius 2 is 1.94 bits per heavy atom. The molecule has 1 fully saturated rings. The number of carbonyl (C=O) groups is 2. The highest BCUT2D eigenvalue weighted by atomic mass is 16.4. The van der Waals surface area contributed by atoms with Gasteiger partial charge in [0.25, 0.3) is 0 Å². The molecule has 5 nitrogen and oxygen atoms in total. The molecule has 5 heteroatoms. The third-order valence-corrected chi connectivity index (χ3v) is 3.34. The van der Waals surface area contributed by atoms with Crippen LogP contribution in [-0.4, -0.2) is 48.1 Å². The fourth-order valence-corrected chi connectivity index (χ4v) is 2.01. The van der Waals surface area contributed by atoms with E-state index in [4.69, 9.17) is 5.11 Å². The average molecular weight is 254 g/mol. The fraction of sp³-hybridized carbons (Fsp3) is 0.692. The Bertz CT molecular complexity index is 331. The highest BCUT2D eigenvalue weighted by molar-refractivity contribution is 5.85. The molecule has 0 spiro atoms. The quantitative estimate of drug-likeness (QED) is 0.714. The average Bonchev–Trinajstić information content (AvgIpc) is 2.34. The molecule has 0 atom stereocenters. The van der Waals surface area contributed by atoms with E-state index in [-0.39, 0.29) is 5.91 Å². The minimum Gasteiger partial charge on any atom is -0.478 e. The summed E-state index contributed by atoms with van der Waals surface area (Å²) in [4.78, 5) is 23.7. The Balaban J connectivity index is 2.25. The smallest absolute Gasteiger partial charge is 0.330 e. The van der Waals surface area contributed by atoms with Gasteiger partial charge in [0, 0.05) is 25.6 Å². The fourth-order valence-electron chi connectivity index (χ4n) is 2.01. The zero-order valence-electron chi connectivity index (χ0n) is 11.1. The van der Waals surface area contributed by atoms with Gasteiger partial charge in [0.1, 0.15) is 0 Å². The van der Waals surface area contributed by atoms with Crippen molar-refractivity contribution >= 4 is 11.9 Å². The Morgan fingerprint density at radius 1 is 1.33 bits per heavy atom. The lowest BCUT2D eigenvalue weighted by Gasteiger charge is -2.31. The number of amides is 1. The third kappa shape index (κ3) is 5.31. The number of nitrogens with zero attached hydrogens (tertiary/aromatic N) is 1. The number of hydrogen-bond acceptors (Lipinski definition) is 3. The normalized spacial score (nSPS) is 18.7. The number of likely N-dealkylation sites (tertiary alicyclic amines) is 1. The molecule has 0 bridgehead atoms. The van der Waals surface area contributed by atoms with Gasteiger partial charge in [-0.25, -0.2) is 4.79 Å². The van der Waals surface area contributed by atoms with E-state index in [0.29, 0.717) is 18.0 Å². The van der Waals surface area contributed by atoms with Crippen LogP contribution < -0.4 is 5.32 Å². The molecular formula is C13H22N2O3. The molecule has 1 rings (SSSR count). The molecule has 1 aliphatic heterocycles. The first kappa shape index (κ1) is 14.7. The van der Waals surface area contributed by atoms with E-state index in [1.807, 2.05) is 0 Å². The number of piperidine rings is 1. The van der Waals surface area contributed by atoms with Gasteiger partial charge in [0.15, 0.2) is 0 Å². The number of aliphatic carboxylic acids is 1. The predicted octanol–water partition coefficient (Wildman–Crippen LogP) is 0.865. The Hall–Kier alpha value is -1.36. The first-order chi connectivity index (χ1) is 8.49. The lowest BCUT2D eigenvalue weighted by molar-refractivity contribution is -0.132. The maximum absolute atomic E-state index is 10.8. The van der Waals surface area contributed by atoms with Crippen molar-refractivity contribution < 1.29 is 14.7 Å². The molecule has 18 heavy (non-hydrogen) atoms. The van der Waals surface area contributed by atoms with Crippen LogP contribution in [0.2, 0.25) is 0 Å². The van der Waals surface area contributed by atoms with Crippen molar-refractivity contribution in [1.29, 1.82) is 0 Å². The summed E-state index contributed by atoms with van der Waals surface area (Å²) in [5.74, 6) is -0.275. The number of carboxylic acid groups (broad SMARTS) is 1. The molecule has 0 aromatic rings. The molecule has 1 amide bonds. The van der Waals surface area contributed by atoms with E-state index in [2.05, 4.69) is 10.2 Å². The van der Waals surface area contributed by atoms with Crippen LogP contribution in [0.25, 0.3) is 0 Å². The van der Waals surface area contributed by atoms with Crippen molar-refractivity contribution in [2.75, 3.05) is 26.2 Å². The van der Waals surface area contributed by atoms with Crippen LogP contribution in [0.5, 0.6) is 0 Å². The minimum absolute atomic E-state index is 0.0254. The summed E-state index contributed by atoms with van der Waals surface area (Å²) in [7, 11) is 0. The van der Waals surface area contributed by atoms with Crippen LogP contribution in [0.15, 0.2) is 11.6 Å². The molecule has 0 aliphatic carbocycles. The zero-order valence-corrected chi connectivity index (χ0v) is 11.1. The summed E-state index contributed by atoms with van der Waals surface area (Å²) in [6, 6.07) is 0. The second kappa shape index (κ2) is 7.16. The molecule has 1 saturated heterocycles. The summed E-state index contributed by atoms with van der Waals surface area (Å²) in [6.45, 7) is 6.54.